The fourth-order valence-electron chi connectivity index (χ4n) is 9.63. The van der Waals surface area contributed by atoms with Gasteiger partial charge in [0.25, 0.3) is 0 Å². The maximum atomic E-state index is 14.2. The molecular formula is C59H35F6N5. The second-order valence-electron chi connectivity index (χ2n) is 17.0. The highest BCUT2D eigenvalue weighted by Gasteiger charge is 2.37. The molecule has 0 amide bonds. The van der Waals surface area contributed by atoms with Crippen LogP contribution in [0.2, 0.25) is 0 Å². The maximum Gasteiger partial charge on any atom is 0.416 e. The van der Waals surface area contributed by atoms with Gasteiger partial charge in [0.1, 0.15) is 0 Å². The first-order valence-corrected chi connectivity index (χ1v) is 22.4. The van der Waals surface area contributed by atoms with Gasteiger partial charge in [0.15, 0.2) is 17.5 Å². The van der Waals surface area contributed by atoms with E-state index in [9.17, 15) is 26.3 Å². The average Bonchev–Trinajstić information content (AvgIpc) is 3.91. The van der Waals surface area contributed by atoms with E-state index in [2.05, 4.69) is 47.0 Å². The summed E-state index contributed by atoms with van der Waals surface area (Å²) < 4.78 is 89.6. The van der Waals surface area contributed by atoms with E-state index in [1.54, 1.807) is 18.2 Å². The zero-order valence-electron chi connectivity index (χ0n) is 36.7. The molecule has 0 saturated carbocycles. The Labute approximate surface area is 396 Å². The summed E-state index contributed by atoms with van der Waals surface area (Å²) in [5, 5.41) is 3.70. The van der Waals surface area contributed by atoms with E-state index < -0.39 is 23.5 Å². The van der Waals surface area contributed by atoms with Crippen molar-refractivity contribution in [3.63, 3.8) is 0 Å². The van der Waals surface area contributed by atoms with Crippen LogP contribution in [0, 0.1) is 0 Å². The number of hydrogen-bond donors (Lipinski definition) is 0. The average molecular weight is 928 g/mol. The minimum Gasteiger partial charge on any atom is -0.309 e. The molecule has 12 rings (SSSR count). The van der Waals surface area contributed by atoms with Gasteiger partial charge in [-0.25, -0.2) is 15.0 Å². The van der Waals surface area contributed by atoms with Gasteiger partial charge in [-0.15, -0.1) is 0 Å². The van der Waals surface area contributed by atoms with Crippen molar-refractivity contribution in [2.45, 2.75) is 12.4 Å². The van der Waals surface area contributed by atoms with Crippen molar-refractivity contribution < 1.29 is 26.3 Å². The van der Waals surface area contributed by atoms with Crippen LogP contribution in [0.5, 0.6) is 0 Å². The summed E-state index contributed by atoms with van der Waals surface area (Å²) in [6.07, 6.45) is -10.0. The van der Waals surface area contributed by atoms with Crippen LogP contribution in [0.25, 0.3) is 111 Å². The molecule has 0 saturated heterocycles. The van der Waals surface area contributed by atoms with Gasteiger partial charge in [-0.2, -0.15) is 26.3 Å². The molecule has 0 N–H and O–H groups in total. The molecule has 5 nitrogen and oxygen atoms in total. The van der Waals surface area contributed by atoms with E-state index in [1.165, 1.54) is 0 Å². The molecule has 9 aromatic carbocycles. The van der Waals surface area contributed by atoms with Crippen molar-refractivity contribution in [2.75, 3.05) is 0 Å². The van der Waals surface area contributed by atoms with Crippen LogP contribution < -0.4 is 0 Å². The lowest BCUT2D eigenvalue weighted by Crippen LogP contribution is -2.11. The number of para-hydroxylation sites is 4. The summed E-state index contributed by atoms with van der Waals surface area (Å²) in [6, 6.07) is 64.3. The van der Waals surface area contributed by atoms with Gasteiger partial charge in [-0.05, 0) is 77.4 Å². The minimum atomic E-state index is -5.02. The van der Waals surface area contributed by atoms with Crippen LogP contribution in [-0.2, 0) is 12.4 Å². The zero-order chi connectivity index (χ0) is 47.7. The number of fused-ring (bicyclic) bond motifs is 6. The lowest BCUT2D eigenvalue weighted by molar-refractivity contribution is -0.143. The van der Waals surface area contributed by atoms with Gasteiger partial charge in [0.05, 0.1) is 38.9 Å². The highest BCUT2D eigenvalue weighted by molar-refractivity contribution is 6.14. The second-order valence-corrected chi connectivity index (χ2v) is 17.0. The van der Waals surface area contributed by atoms with Crippen molar-refractivity contribution >= 4 is 43.6 Å². The first-order valence-electron chi connectivity index (χ1n) is 22.4. The number of rotatable bonds is 7. The minimum absolute atomic E-state index is 0.148. The molecule has 0 aliphatic rings. The van der Waals surface area contributed by atoms with E-state index in [0.717, 1.165) is 78.2 Å². The predicted octanol–water partition coefficient (Wildman–Crippen LogP) is 16.4. The Morgan fingerprint density at radius 2 is 0.814 bits per heavy atom. The summed E-state index contributed by atoms with van der Waals surface area (Å²) in [7, 11) is 0. The molecular weight excluding hydrogens is 893 g/mol. The number of benzene rings is 9. The summed E-state index contributed by atoms with van der Waals surface area (Å²) in [6.45, 7) is 0. The van der Waals surface area contributed by atoms with Crippen LogP contribution in [0.15, 0.2) is 212 Å². The summed E-state index contributed by atoms with van der Waals surface area (Å²) in [4.78, 5) is 15.4. The fraction of sp³-hybridized carbons (Fsp3) is 0.0339. The lowest BCUT2D eigenvalue weighted by Gasteiger charge is -2.18. The van der Waals surface area contributed by atoms with E-state index in [0.29, 0.717) is 34.2 Å². The highest BCUT2D eigenvalue weighted by Crippen LogP contribution is 2.44. The van der Waals surface area contributed by atoms with Crippen LogP contribution in [0.4, 0.5) is 26.3 Å². The first-order chi connectivity index (χ1) is 34.0. The van der Waals surface area contributed by atoms with E-state index >= 15 is 0 Å². The molecule has 0 aliphatic carbocycles. The Kier molecular flexibility index (Phi) is 9.99. The van der Waals surface area contributed by atoms with E-state index in [4.69, 9.17) is 15.0 Å². The van der Waals surface area contributed by atoms with Crippen molar-refractivity contribution in [1.29, 1.82) is 0 Å². The molecule has 0 spiro atoms. The largest absolute Gasteiger partial charge is 0.416 e. The van der Waals surface area contributed by atoms with Crippen LogP contribution in [0.3, 0.4) is 0 Å². The number of aromatic nitrogens is 5. The lowest BCUT2D eigenvalue weighted by atomic mass is 9.97. The molecule has 3 aromatic heterocycles. The van der Waals surface area contributed by atoms with Gasteiger partial charge in [0.2, 0.25) is 0 Å². The molecule has 12 aromatic rings. The Morgan fingerprint density at radius 1 is 0.314 bits per heavy atom. The van der Waals surface area contributed by atoms with Gasteiger partial charge >= 0.3 is 12.4 Å². The number of halogens is 6. The van der Waals surface area contributed by atoms with Gasteiger partial charge in [0, 0.05) is 49.5 Å². The van der Waals surface area contributed by atoms with Crippen molar-refractivity contribution in [1.82, 2.24) is 24.1 Å². The Bertz CT molecular complexity index is 3880. The summed E-state index contributed by atoms with van der Waals surface area (Å²) >= 11 is 0. The van der Waals surface area contributed by atoms with Gasteiger partial charge in [-0.3, -0.25) is 0 Å². The molecule has 0 unspecified atom stereocenters. The topological polar surface area (TPSA) is 48.5 Å². The number of alkyl halides is 6. The predicted molar refractivity (Wildman–Crippen MR) is 266 cm³/mol. The van der Waals surface area contributed by atoms with Gasteiger partial charge < -0.3 is 9.13 Å². The normalized spacial score (nSPS) is 12.1. The van der Waals surface area contributed by atoms with Crippen molar-refractivity contribution in [2.24, 2.45) is 0 Å². The van der Waals surface area contributed by atoms with Crippen LogP contribution in [-0.4, -0.2) is 24.1 Å². The molecule has 0 atom stereocenters. The molecule has 70 heavy (non-hydrogen) atoms. The molecule has 3 heterocycles. The molecule has 0 fully saturated rings. The monoisotopic (exact) mass is 927 g/mol. The molecule has 11 heteroatoms. The SMILES string of the molecule is FC(F)(F)c1cc(-c2ccc3c4ccccc4n(-c4ccc(-c5cccc6c7ccccc7n(-c7ccccc7)c56)cc4-c4nc(-c5ccccc5)nc(-c5ccccc5)n4)c3c2)cc(C(F)(F)F)c1. The van der Waals surface area contributed by atoms with Gasteiger partial charge in [-0.1, -0.05) is 152 Å². The Balaban J connectivity index is 1.17. The smallest absolute Gasteiger partial charge is 0.309 e. The van der Waals surface area contributed by atoms with Crippen molar-refractivity contribution in [3.05, 3.63) is 223 Å². The van der Waals surface area contributed by atoms with Crippen LogP contribution in [0.1, 0.15) is 11.1 Å². The third-order valence-corrected chi connectivity index (χ3v) is 12.8. The molecule has 0 aliphatic heterocycles. The zero-order valence-corrected chi connectivity index (χ0v) is 36.7. The number of hydrogen-bond acceptors (Lipinski definition) is 3. The van der Waals surface area contributed by atoms with Crippen LogP contribution >= 0.6 is 0 Å². The Morgan fingerprint density at radius 3 is 1.43 bits per heavy atom. The third-order valence-electron chi connectivity index (χ3n) is 12.8. The van der Waals surface area contributed by atoms with E-state index in [-0.39, 0.29) is 17.2 Å². The molecule has 0 bridgehead atoms. The highest BCUT2D eigenvalue weighted by atomic mass is 19.4. The summed E-state index contributed by atoms with van der Waals surface area (Å²) in [5.41, 5.74) is 5.98. The first kappa shape index (κ1) is 42.5. The Hall–Kier alpha value is -8.83. The van der Waals surface area contributed by atoms with Crippen molar-refractivity contribution in [3.8, 4) is 67.8 Å². The second kappa shape index (κ2) is 16.4. The molecule has 0 radical (unpaired) electrons. The number of nitrogens with zero attached hydrogens (tertiary/aromatic N) is 5. The fourth-order valence-corrected chi connectivity index (χ4v) is 9.63. The van der Waals surface area contributed by atoms with E-state index in [1.807, 2.05) is 138 Å². The standard InChI is InChI=1S/C59H35F6N5/c60-58(61,62)41-31-40(32-42(35-41)59(63,64)65)38-27-29-47-45-21-10-13-26-51(45)70(53(47)34-38)52-30-28-39(44-23-14-24-48-46-22-11-12-25-50(46)69(54(44)48)43-19-8-3-9-20-43)33-49(52)57-67-55(36-15-4-1-5-16-36)66-56(68-57)37-17-6-2-7-18-37/h1-35H. The quantitative estimate of drug-likeness (QED) is 0.150. The maximum absolute atomic E-state index is 14.2. The molecule has 338 valence electrons. The third kappa shape index (κ3) is 7.34. The summed E-state index contributed by atoms with van der Waals surface area (Å²) in [5.74, 6) is 1.21.